The number of likely N-dealkylation sites (N-methyl/N-ethyl adjacent to an activating group) is 1. The van der Waals surface area contributed by atoms with E-state index < -0.39 is 0 Å². The zero-order valence-corrected chi connectivity index (χ0v) is 12.9. The molecule has 116 valence electrons. The molecule has 5 heteroatoms. The number of para-hydroxylation sites is 1. The summed E-state index contributed by atoms with van der Waals surface area (Å²) < 4.78 is 1.81. The third-order valence-corrected chi connectivity index (χ3v) is 4.19. The Kier molecular flexibility index (Phi) is 4.53. The van der Waals surface area contributed by atoms with Gasteiger partial charge in [0.15, 0.2) is 0 Å². The van der Waals surface area contributed by atoms with Crippen molar-refractivity contribution in [1.82, 2.24) is 20.0 Å². The summed E-state index contributed by atoms with van der Waals surface area (Å²) in [4.78, 5) is 14.4. The predicted molar refractivity (Wildman–Crippen MR) is 85.9 cm³/mol. The number of rotatable bonds is 4. The Morgan fingerprint density at radius 3 is 2.95 bits per heavy atom. The molecule has 5 nitrogen and oxygen atoms in total. The van der Waals surface area contributed by atoms with Gasteiger partial charge < -0.3 is 10.2 Å². The zero-order valence-electron chi connectivity index (χ0n) is 12.9. The molecule has 1 N–H and O–H groups in total. The summed E-state index contributed by atoms with van der Waals surface area (Å²) >= 11 is 0. The molecule has 1 unspecified atom stereocenters. The Balaban J connectivity index is 1.64. The fourth-order valence-corrected chi connectivity index (χ4v) is 2.90. The molecular weight excluding hydrogens is 276 g/mol. The second kappa shape index (κ2) is 6.75. The van der Waals surface area contributed by atoms with Gasteiger partial charge in [-0.25, -0.2) is 4.68 Å². The standard InChI is InChI=1S/C17H22N4O/c1-18-15-6-5-9-20(13-15)17(22)10-14-11-19-21(12-14)16-7-3-2-4-8-16/h2-4,7-8,11-12,15,18H,5-6,9-10,13H2,1H3. The average Bonchev–Trinajstić information content (AvgIpc) is 3.04. The second-order valence-electron chi connectivity index (χ2n) is 5.77. The van der Waals surface area contributed by atoms with Crippen LogP contribution in [0.5, 0.6) is 0 Å². The van der Waals surface area contributed by atoms with Crippen LogP contribution in [0, 0.1) is 0 Å². The number of amides is 1. The lowest BCUT2D eigenvalue weighted by Gasteiger charge is -2.32. The van der Waals surface area contributed by atoms with Gasteiger partial charge in [-0.2, -0.15) is 5.10 Å². The molecule has 0 spiro atoms. The zero-order chi connectivity index (χ0) is 15.4. The number of hydrogen-bond acceptors (Lipinski definition) is 3. The van der Waals surface area contributed by atoms with E-state index >= 15 is 0 Å². The van der Waals surface area contributed by atoms with E-state index in [9.17, 15) is 4.79 Å². The number of hydrogen-bond donors (Lipinski definition) is 1. The fourth-order valence-electron chi connectivity index (χ4n) is 2.90. The van der Waals surface area contributed by atoms with Crippen LogP contribution in [0.4, 0.5) is 0 Å². The quantitative estimate of drug-likeness (QED) is 0.933. The maximum Gasteiger partial charge on any atom is 0.227 e. The molecule has 1 aromatic heterocycles. The Hall–Kier alpha value is -2.14. The smallest absolute Gasteiger partial charge is 0.227 e. The van der Waals surface area contributed by atoms with Crippen LogP contribution in [-0.2, 0) is 11.2 Å². The van der Waals surface area contributed by atoms with Crippen LogP contribution in [0.3, 0.4) is 0 Å². The van der Waals surface area contributed by atoms with E-state index in [1.165, 1.54) is 0 Å². The first-order valence-corrected chi connectivity index (χ1v) is 7.80. The van der Waals surface area contributed by atoms with Gasteiger partial charge in [0.1, 0.15) is 0 Å². The molecule has 1 saturated heterocycles. The number of aromatic nitrogens is 2. The van der Waals surface area contributed by atoms with E-state index in [0.717, 1.165) is 37.2 Å². The van der Waals surface area contributed by atoms with E-state index in [1.54, 1.807) is 6.20 Å². The van der Waals surface area contributed by atoms with Gasteiger partial charge >= 0.3 is 0 Å². The van der Waals surface area contributed by atoms with E-state index in [1.807, 2.05) is 53.2 Å². The van der Waals surface area contributed by atoms with Crippen LogP contribution in [0.2, 0.25) is 0 Å². The normalized spacial score (nSPS) is 18.4. The van der Waals surface area contributed by atoms with Gasteiger partial charge in [-0.15, -0.1) is 0 Å². The molecule has 0 bridgehead atoms. The topological polar surface area (TPSA) is 50.2 Å². The highest BCUT2D eigenvalue weighted by molar-refractivity contribution is 5.78. The third-order valence-electron chi connectivity index (χ3n) is 4.19. The van der Waals surface area contributed by atoms with Crippen LogP contribution in [0.15, 0.2) is 42.7 Å². The van der Waals surface area contributed by atoms with Crippen LogP contribution < -0.4 is 5.32 Å². The highest BCUT2D eigenvalue weighted by Gasteiger charge is 2.22. The molecule has 0 radical (unpaired) electrons. The molecule has 1 aromatic carbocycles. The van der Waals surface area contributed by atoms with Crippen molar-refractivity contribution in [2.75, 3.05) is 20.1 Å². The lowest BCUT2D eigenvalue weighted by molar-refractivity contribution is -0.131. The van der Waals surface area contributed by atoms with Gasteiger partial charge in [0.2, 0.25) is 5.91 Å². The summed E-state index contributed by atoms with van der Waals surface area (Å²) in [5.41, 5.74) is 1.97. The van der Waals surface area contributed by atoms with Crippen molar-refractivity contribution in [2.45, 2.75) is 25.3 Å². The van der Waals surface area contributed by atoms with Gasteiger partial charge in [0.05, 0.1) is 18.3 Å². The van der Waals surface area contributed by atoms with Crippen molar-refractivity contribution in [1.29, 1.82) is 0 Å². The molecule has 1 fully saturated rings. The summed E-state index contributed by atoms with van der Waals surface area (Å²) in [7, 11) is 1.96. The van der Waals surface area contributed by atoms with E-state index in [4.69, 9.17) is 0 Å². The van der Waals surface area contributed by atoms with Gasteiger partial charge in [-0.3, -0.25) is 4.79 Å². The van der Waals surface area contributed by atoms with Gasteiger partial charge in [-0.1, -0.05) is 18.2 Å². The number of carbonyl (C=O) groups is 1. The Bertz CT molecular complexity index is 623. The molecular formula is C17H22N4O. The van der Waals surface area contributed by atoms with Crippen molar-refractivity contribution >= 4 is 5.91 Å². The van der Waals surface area contributed by atoms with Crippen LogP contribution in [0.1, 0.15) is 18.4 Å². The molecule has 1 amide bonds. The number of nitrogens with zero attached hydrogens (tertiary/aromatic N) is 3. The third kappa shape index (κ3) is 3.36. The van der Waals surface area contributed by atoms with Gasteiger partial charge in [0, 0.05) is 25.3 Å². The Morgan fingerprint density at radius 2 is 2.18 bits per heavy atom. The van der Waals surface area contributed by atoms with Crippen molar-refractivity contribution in [3.8, 4) is 5.69 Å². The van der Waals surface area contributed by atoms with E-state index in [0.29, 0.717) is 12.5 Å². The first kappa shape index (κ1) is 14.8. The van der Waals surface area contributed by atoms with Crippen molar-refractivity contribution in [2.24, 2.45) is 0 Å². The molecule has 2 aromatic rings. The predicted octanol–water partition coefficient (Wildman–Crippen LogP) is 1.63. The molecule has 1 atom stereocenters. The summed E-state index contributed by atoms with van der Waals surface area (Å²) in [5, 5.41) is 7.62. The SMILES string of the molecule is CNC1CCCN(C(=O)Cc2cnn(-c3ccccc3)c2)C1. The number of carbonyl (C=O) groups excluding carboxylic acids is 1. The fraction of sp³-hybridized carbons (Fsp3) is 0.412. The number of nitrogens with one attached hydrogen (secondary N) is 1. The maximum atomic E-state index is 12.4. The average molecular weight is 298 g/mol. The number of benzene rings is 1. The molecule has 22 heavy (non-hydrogen) atoms. The summed E-state index contributed by atoms with van der Waals surface area (Å²) in [6.45, 7) is 1.67. The summed E-state index contributed by atoms with van der Waals surface area (Å²) in [6.07, 6.45) is 6.35. The molecule has 1 aliphatic rings. The number of piperidine rings is 1. The van der Waals surface area contributed by atoms with Crippen LogP contribution in [-0.4, -0.2) is 46.8 Å². The minimum Gasteiger partial charge on any atom is -0.341 e. The minimum absolute atomic E-state index is 0.188. The van der Waals surface area contributed by atoms with E-state index in [-0.39, 0.29) is 5.91 Å². The monoisotopic (exact) mass is 298 g/mol. The summed E-state index contributed by atoms with van der Waals surface area (Å²) in [5.74, 6) is 0.188. The molecule has 2 heterocycles. The van der Waals surface area contributed by atoms with Crippen LogP contribution >= 0.6 is 0 Å². The molecule has 0 saturated carbocycles. The van der Waals surface area contributed by atoms with Crippen LogP contribution in [0.25, 0.3) is 5.69 Å². The Labute approximate surface area is 130 Å². The number of likely N-dealkylation sites (tertiary alicyclic amines) is 1. The first-order valence-electron chi connectivity index (χ1n) is 7.80. The van der Waals surface area contributed by atoms with Gasteiger partial charge in [-0.05, 0) is 37.6 Å². The maximum absolute atomic E-state index is 12.4. The Morgan fingerprint density at radius 1 is 1.36 bits per heavy atom. The lowest BCUT2D eigenvalue weighted by atomic mass is 10.1. The first-order chi connectivity index (χ1) is 10.8. The summed E-state index contributed by atoms with van der Waals surface area (Å²) in [6, 6.07) is 10.4. The highest BCUT2D eigenvalue weighted by Crippen LogP contribution is 2.13. The molecule has 0 aliphatic carbocycles. The van der Waals surface area contributed by atoms with Crippen molar-refractivity contribution in [3.63, 3.8) is 0 Å². The van der Waals surface area contributed by atoms with E-state index in [2.05, 4.69) is 10.4 Å². The highest BCUT2D eigenvalue weighted by atomic mass is 16.2. The molecule has 3 rings (SSSR count). The second-order valence-corrected chi connectivity index (χ2v) is 5.77. The molecule has 1 aliphatic heterocycles. The van der Waals surface area contributed by atoms with Gasteiger partial charge in [0.25, 0.3) is 0 Å². The lowest BCUT2D eigenvalue weighted by Crippen LogP contribution is -2.47. The largest absolute Gasteiger partial charge is 0.341 e. The van der Waals surface area contributed by atoms with Crippen molar-refractivity contribution < 1.29 is 4.79 Å². The minimum atomic E-state index is 0.188. The van der Waals surface area contributed by atoms with Crippen molar-refractivity contribution in [3.05, 3.63) is 48.3 Å².